The number of rotatable bonds is 5. The first-order valence-corrected chi connectivity index (χ1v) is 10.7. The predicted molar refractivity (Wildman–Crippen MR) is 91.6 cm³/mol. The maximum absolute atomic E-state index is 11.7. The Bertz CT molecular complexity index is 517. The number of aromatic amines is 1. The van der Waals surface area contributed by atoms with Gasteiger partial charge in [0.2, 0.25) is 0 Å². The average molecular weight is 412 g/mol. The highest BCUT2D eigenvalue weighted by Gasteiger charge is 2.37. The average Bonchev–Trinajstić information content (AvgIpc) is 2.61. The lowest BCUT2D eigenvalue weighted by atomic mass is 10.2. The summed E-state index contributed by atoms with van der Waals surface area (Å²) in [5.41, 5.74) is 0.468. The van der Waals surface area contributed by atoms with Crippen LogP contribution in [0.25, 0.3) is 0 Å². The van der Waals surface area contributed by atoms with Crippen LogP contribution in [0.5, 0.6) is 0 Å². The highest BCUT2D eigenvalue weighted by atomic mass is 127. The second-order valence-corrected chi connectivity index (χ2v) is 12.5. The minimum atomic E-state index is -1.80. The molecule has 1 heterocycles. The van der Waals surface area contributed by atoms with E-state index in [-0.39, 0.29) is 23.2 Å². The second kappa shape index (κ2) is 6.33. The van der Waals surface area contributed by atoms with Crippen molar-refractivity contribution in [2.24, 2.45) is 0 Å². The molecular formula is C13H25IN2O3Si. The zero-order chi connectivity index (χ0) is 15.7. The molecule has 0 bridgehead atoms. The predicted octanol–water partition coefficient (Wildman–Crippen LogP) is 2.86. The van der Waals surface area contributed by atoms with E-state index in [4.69, 9.17) is 4.43 Å². The van der Waals surface area contributed by atoms with Crippen LogP contribution in [0.2, 0.25) is 18.1 Å². The minimum absolute atomic E-state index is 0.0116. The van der Waals surface area contributed by atoms with Crippen LogP contribution in [0.4, 0.5) is 0 Å². The Morgan fingerprint density at radius 2 is 2.00 bits per heavy atom. The van der Waals surface area contributed by atoms with Crippen LogP contribution in [-0.2, 0) is 11.0 Å². The molecule has 0 saturated carbocycles. The Hall–Kier alpha value is -0.123. The third-order valence-corrected chi connectivity index (χ3v) is 9.66. The molecule has 1 rings (SSSR count). The van der Waals surface area contributed by atoms with Crippen LogP contribution < -0.4 is 5.56 Å². The van der Waals surface area contributed by atoms with E-state index in [1.165, 1.54) is 0 Å². The Morgan fingerprint density at radius 1 is 1.45 bits per heavy atom. The lowest BCUT2D eigenvalue weighted by molar-refractivity contribution is 0.213. The largest absolute Gasteiger partial charge is 0.415 e. The van der Waals surface area contributed by atoms with Crippen LogP contribution in [0.15, 0.2) is 4.79 Å². The molecule has 0 aromatic carbocycles. The van der Waals surface area contributed by atoms with Gasteiger partial charge in [0.1, 0.15) is 3.57 Å². The number of H-pyrrole nitrogens is 1. The number of halogens is 1. The van der Waals surface area contributed by atoms with Crippen molar-refractivity contribution in [3.8, 4) is 0 Å². The maximum Gasteiger partial charge on any atom is 0.277 e. The lowest BCUT2D eigenvalue weighted by Gasteiger charge is -2.37. The van der Waals surface area contributed by atoms with Gasteiger partial charge in [-0.3, -0.25) is 14.6 Å². The van der Waals surface area contributed by atoms with Crippen LogP contribution >= 0.6 is 22.6 Å². The zero-order valence-corrected chi connectivity index (χ0v) is 16.2. The van der Waals surface area contributed by atoms with Crippen LogP contribution in [0.1, 0.15) is 39.4 Å². The van der Waals surface area contributed by atoms with Crippen molar-refractivity contribution in [2.75, 3.05) is 6.61 Å². The van der Waals surface area contributed by atoms with E-state index in [0.717, 1.165) is 0 Å². The van der Waals surface area contributed by atoms with E-state index in [2.05, 4.69) is 39.0 Å². The molecule has 0 saturated heterocycles. The fourth-order valence-corrected chi connectivity index (χ4v) is 3.25. The summed E-state index contributed by atoms with van der Waals surface area (Å²) in [4.78, 5) is 11.7. The SMILES string of the molecule is C[C@@H](CO[Si](C)(C)C(C)(C)C)n1[nH]c(=O)c(I)c1CO. The van der Waals surface area contributed by atoms with Crippen molar-refractivity contribution in [1.29, 1.82) is 0 Å². The highest BCUT2D eigenvalue weighted by molar-refractivity contribution is 14.1. The quantitative estimate of drug-likeness (QED) is 0.578. The summed E-state index contributed by atoms with van der Waals surface area (Å²) in [6.45, 7) is 13.4. The van der Waals surface area contributed by atoms with Crippen LogP contribution in [-0.4, -0.2) is 29.8 Å². The molecule has 1 aromatic rings. The molecule has 0 aliphatic heterocycles. The van der Waals surface area contributed by atoms with Gasteiger partial charge in [-0.15, -0.1) is 0 Å². The molecule has 1 aromatic heterocycles. The van der Waals surface area contributed by atoms with Crippen molar-refractivity contribution >= 4 is 30.9 Å². The fourth-order valence-electron chi connectivity index (χ4n) is 1.60. The summed E-state index contributed by atoms with van der Waals surface area (Å²) in [6.07, 6.45) is 0. The number of aliphatic hydroxyl groups excluding tert-OH is 1. The Kier molecular flexibility index (Phi) is 5.67. The normalized spacial score (nSPS) is 14.6. The highest BCUT2D eigenvalue weighted by Crippen LogP contribution is 2.37. The van der Waals surface area contributed by atoms with Crippen molar-refractivity contribution in [3.63, 3.8) is 0 Å². The molecule has 5 nitrogen and oxygen atoms in total. The number of nitrogens with zero attached hydrogens (tertiary/aromatic N) is 1. The molecule has 0 aliphatic carbocycles. The Morgan fingerprint density at radius 3 is 2.45 bits per heavy atom. The fraction of sp³-hybridized carbons (Fsp3) is 0.769. The Balaban J connectivity index is 2.86. The maximum atomic E-state index is 11.7. The molecule has 0 unspecified atom stereocenters. The zero-order valence-electron chi connectivity index (χ0n) is 13.1. The number of hydrogen-bond acceptors (Lipinski definition) is 3. The molecular weight excluding hydrogens is 387 g/mol. The van der Waals surface area contributed by atoms with Crippen molar-refractivity contribution in [3.05, 3.63) is 19.6 Å². The van der Waals surface area contributed by atoms with Gasteiger partial charge in [0, 0.05) is 0 Å². The standard InChI is InChI=1S/C13H25IN2O3Si/c1-9(8-19-20(5,6)13(2,3)4)16-10(7-17)11(14)12(18)15-16/h9,17H,7-8H2,1-6H3,(H,15,18)/t9-/m0/s1. The van der Waals surface area contributed by atoms with Gasteiger partial charge in [-0.25, -0.2) is 0 Å². The van der Waals surface area contributed by atoms with Crippen molar-refractivity contribution in [2.45, 2.75) is 58.5 Å². The smallest absolute Gasteiger partial charge is 0.277 e. The molecule has 0 aliphatic rings. The van der Waals surface area contributed by atoms with E-state index in [0.29, 0.717) is 15.9 Å². The third kappa shape index (κ3) is 3.74. The van der Waals surface area contributed by atoms with Gasteiger partial charge in [-0.1, -0.05) is 20.8 Å². The minimum Gasteiger partial charge on any atom is -0.415 e. The third-order valence-electron chi connectivity index (χ3n) is 4.05. The van der Waals surface area contributed by atoms with Crippen LogP contribution in [0, 0.1) is 3.57 Å². The van der Waals surface area contributed by atoms with E-state index >= 15 is 0 Å². The molecule has 20 heavy (non-hydrogen) atoms. The van der Waals surface area contributed by atoms with Crippen LogP contribution in [0.3, 0.4) is 0 Å². The molecule has 0 radical (unpaired) electrons. The number of nitrogens with one attached hydrogen (secondary N) is 1. The molecule has 0 fully saturated rings. The first-order valence-electron chi connectivity index (χ1n) is 6.75. The molecule has 0 amide bonds. The summed E-state index contributed by atoms with van der Waals surface area (Å²) in [5, 5.41) is 12.3. The summed E-state index contributed by atoms with van der Waals surface area (Å²) in [7, 11) is -1.80. The first kappa shape index (κ1) is 17.9. The van der Waals surface area contributed by atoms with E-state index in [9.17, 15) is 9.90 Å². The molecule has 116 valence electrons. The number of hydrogen-bond donors (Lipinski definition) is 2. The van der Waals surface area contributed by atoms with Gasteiger partial charge in [0.05, 0.1) is 24.9 Å². The summed E-state index contributed by atoms with van der Waals surface area (Å²) in [6, 6.07) is -0.0116. The summed E-state index contributed by atoms with van der Waals surface area (Å²) < 4.78 is 8.44. The van der Waals surface area contributed by atoms with Gasteiger partial charge >= 0.3 is 0 Å². The Labute approximate surface area is 135 Å². The molecule has 1 atom stereocenters. The van der Waals surface area contributed by atoms with Gasteiger partial charge < -0.3 is 9.53 Å². The molecule has 2 N–H and O–H groups in total. The number of aromatic nitrogens is 2. The monoisotopic (exact) mass is 412 g/mol. The lowest BCUT2D eigenvalue weighted by Crippen LogP contribution is -2.42. The van der Waals surface area contributed by atoms with E-state index in [1.54, 1.807) is 4.68 Å². The van der Waals surface area contributed by atoms with Gasteiger partial charge in [-0.2, -0.15) is 0 Å². The molecule has 0 spiro atoms. The van der Waals surface area contributed by atoms with Gasteiger partial charge in [0.15, 0.2) is 8.32 Å². The van der Waals surface area contributed by atoms with Gasteiger partial charge in [-0.05, 0) is 47.6 Å². The van der Waals surface area contributed by atoms with Crippen molar-refractivity contribution in [1.82, 2.24) is 9.78 Å². The van der Waals surface area contributed by atoms with Gasteiger partial charge in [0.25, 0.3) is 5.56 Å². The topological polar surface area (TPSA) is 67.2 Å². The second-order valence-electron chi connectivity index (χ2n) is 6.65. The van der Waals surface area contributed by atoms with E-state index in [1.807, 2.05) is 29.5 Å². The van der Waals surface area contributed by atoms with Crippen molar-refractivity contribution < 1.29 is 9.53 Å². The summed E-state index contributed by atoms with van der Waals surface area (Å²) >= 11 is 1.96. The number of aliphatic hydroxyl groups is 1. The first-order chi connectivity index (χ1) is 9.01. The summed E-state index contributed by atoms with van der Waals surface area (Å²) in [5.74, 6) is 0. The molecule has 7 heteroatoms. The van der Waals surface area contributed by atoms with E-state index < -0.39 is 8.32 Å².